The summed E-state index contributed by atoms with van der Waals surface area (Å²) < 4.78 is 17.6. The van der Waals surface area contributed by atoms with Crippen molar-refractivity contribution >= 4 is 5.97 Å². The number of ether oxygens (including phenoxy) is 3. The van der Waals surface area contributed by atoms with Crippen molar-refractivity contribution in [1.29, 1.82) is 0 Å². The Balaban J connectivity index is 1.33. The lowest BCUT2D eigenvalue weighted by molar-refractivity contribution is -0.308. The van der Waals surface area contributed by atoms with Crippen molar-refractivity contribution in [3.05, 3.63) is 11.6 Å². The van der Waals surface area contributed by atoms with E-state index in [1.165, 1.54) is 12.7 Å². The number of aliphatic hydroxyl groups excluding tert-OH is 3. The zero-order valence-corrected chi connectivity index (χ0v) is 28.3. The molecule has 8 heteroatoms. The van der Waals surface area contributed by atoms with Crippen molar-refractivity contribution in [2.24, 2.45) is 50.7 Å². The van der Waals surface area contributed by atoms with Gasteiger partial charge in [-0.1, -0.05) is 53.2 Å². The molecule has 0 aromatic heterocycles. The number of carbonyl (C=O) groups is 1. The monoisotopic (exact) mass is 618 g/mol. The van der Waals surface area contributed by atoms with Crippen LogP contribution < -0.4 is 0 Å². The van der Waals surface area contributed by atoms with E-state index >= 15 is 0 Å². The van der Waals surface area contributed by atoms with Crippen LogP contribution in [0.2, 0.25) is 0 Å². The van der Waals surface area contributed by atoms with Crippen LogP contribution in [0.5, 0.6) is 0 Å². The fourth-order valence-electron chi connectivity index (χ4n) is 12.3. The van der Waals surface area contributed by atoms with Gasteiger partial charge in [0.05, 0.1) is 30.8 Å². The molecule has 0 aromatic rings. The first-order chi connectivity index (χ1) is 20.4. The maximum atomic E-state index is 13.6. The minimum Gasteiger partial charge on any atom is -0.469 e. The van der Waals surface area contributed by atoms with Crippen LogP contribution in [0.1, 0.15) is 106 Å². The lowest BCUT2D eigenvalue weighted by Gasteiger charge is -2.72. The predicted octanol–water partition coefficient (Wildman–Crippen LogP) is 4.76. The van der Waals surface area contributed by atoms with E-state index in [0.29, 0.717) is 11.8 Å². The molecule has 5 fully saturated rings. The zero-order chi connectivity index (χ0) is 32.3. The molecule has 0 unspecified atom stereocenters. The minimum atomic E-state index is -1.29. The third-order valence-electron chi connectivity index (χ3n) is 15.3. The molecular formula is C36H58O8. The smallest absolute Gasteiger partial charge is 0.312 e. The molecule has 0 radical (unpaired) electrons. The molecule has 4 saturated carbocycles. The maximum absolute atomic E-state index is 13.6. The summed E-state index contributed by atoms with van der Waals surface area (Å²) in [5.41, 5.74) is -0.632. The Morgan fingerprint density at radius 2 is 1.61 bits per heavy atom. The lowest BCUT2D eigenvalue weighted by atomic mass is 9.33. The third kappa shape index (κ3) is 4.19. The van der Waals surface area contributed by atoms with E-state index in [0.717, 1.165) is 57.8 Å². The average molecular weight is 619 g/mol. The number of rotatable bonds is 3. The van der Waals surface area contributed by atoms with Crippen LogP contribution >= 0.6 is 0 Å². The van der Waals surface area contributed by atoms with E-state index < -0.39 is 35.6 Å². The van der Waals surface area contributed by atoms with Crippen molar-refractivity contribution in [3.63, 3.8) is 0 Å². The van der Waals surface area contributed by atoms with E-state index in [9.17, 15) is 25.2 Å². The fraction of sp³-hybridized carbons (Fsp3) is 0.917. The van der Waals surface area contributed by atoms with E-state index in [1.807, 2.05) is 6.92 Å². The molecule has 44 heavy (non-hydrogen) atoms. The number of esters is 1. The lowest BCUT2D eigenvalue weighted by Crippen LogP contribution is -2.68. The van der Waals surface area contributed by atoms with Crippen LogP contribution in [0, 0.1) is 50.7 Å². The molecule has 250 valence electrons. The van der Waals surface area contributed by atoms with Gasteiger partial charge in [-0.25, -0.2) is 0 Å². The van der Waals surface area contributed by atoms with Crippen LogP contribution in [0.15, 0.2) is 11.6 Å². The number of hydrogen-bond donors (Lipinski definition) is 4. The van der Waals surface area contributed by atoms with Gasteiger partial charge in [0.2, 0.25) is 0 Å². The van der Waals surface area contributed by atoms with Gasteiger partial charge in [-0.2, -0.15) is 0 Å². The fourth-order valence-corrected chi connectivity index (χ4v) is 12.3. The summed E-state index contributed by atoms with van der Waals surface area (Å²) in [4.78, 5) is 13.6. The van der Waals surface area contributed by atoms with Crippen LogP contribution in [0.4, 0.5) is 0 Å². The van der Waals surface area contributed by atoms with Gasteiger partial charge in [-0.3, -0.25) is 4.79 Å². The van der Waals surface area contributed by atoms with Crippen molar-refractivity contribution in [2.75, 3.05) is 13.7 Å². The Hall–Kier alpha value is -1.03. The van der Waals surface area contributed by atoms with Crippen LogP contribution in [-0.4, -0.2) is 76.4 Å². The molecule has 0 bridgehead atoms. The number of allylic oxidation sites excluding steroid dienone is 1. The first kappa shape index (κ1) is 32.9. The summed E-state index contributed by atoms with van der Waals surface area (Å²) in [6, 6.07) is 0. The van der Waals surface area contributed by atoms with E-state index in [-0.39, 0.29) is 52.2 Å². The zero-order valence-electron chi connectivity index (χ0n) is 28.3. The second-order valence-corrected chi connectivity index (χ2v) is 17.3. The van der Waals surface area contributed by atoms with Crippen LogP contribution in [0.25, 0.3) is 0 Å². The van der Waals surface area contributed by atoms with Crippen molar-refractivity contribution in [2.45, 2.75) is 143 Å². The van der Waals surface area contributed by atoms with Crippen LogP contribution in [0.3, 0.4) is 0 Å². The largest absolute Gasteiger partial charge is 0.469 e. The van der Waals surface area contributed by atoms with E-state index in [4.69, 9.17) is 14.2 Å². The standard InChI is InChI=1S/C36H58O8/c1-20-11-16-36(30(40)42-8)18-17-33(5)21(28(36)35(20,7)41)9-10-24-32(4)14-13-25(31(2,3)23(32)12-15-34(24,33)6)44-29-27(39)26(38)22(37)19-43-29/h9,20,22-29,37-39,41H,10-19H2,1-8H3/t20-,22-,23+,24-,25+,26+,27-,28-,29+,32+,33-,34-,35-,36+/m1/s1. The number of aliphatic hydroxyl groups is 4. The van der Waals surface area contributed by atoms with E-state index in [1.54, 1.807) is 0 Å². The maximum Gasteiger partial charge on any atom is 0.312 e. The van der Waals surface area contributed by atoms with E-state index in [2.05, 4.69) is 47.6 Å². The molecule has 0 spiro atoms. The highest BCUT2D eigenvalue weighted by molar-refractivity contribution is 5.79. The second-order valence-electron chi connectivity index (χ2n) is 17.3. The number of fused-ring (bicyclic) bond motifs is 7. The normalized spacial score (nSPS) is 55.0. The van der Waals surface area contributed by atoms with Gasteiger partial charge < -0.3 is 34.6 Å². The summed E-state index contributed by atoms with van der Waals surface area (Å²) >= 11 is 0. The molecule has 8 nitrogen and oxygen atoms in total. The van der Waals surface area contributed by atoms with Crippen LogP contribution in [-0.2, 0) is 19.0 Å². The molecule has 0 amide bonds. The quantitative estimate of drug-likeness (QED) is 0.203. The molecule has 4 N–H and O–H groups in total. The van der Waals surface area contributed by atoms with Crippen molar-refractivity contribution < 1.29 is 39.4 Å². The number of carbonyl (C=O) groups excluding carboxylic acids is 1. The Labute approximate surface area is 263 Å². The van der Waals surface area contributed by atoms with Gasteiger partial charge in [-0.05, 0) is 104 Å². The van der Waals surface area contributed by atoms with Gasteiger partial charge in [0.25, 0.3) is 0 Å². The summed E-state index contributed by atoms with van der Waals surface area (Å²) in [5.74, 6) is 0.517. The van der Waals surface area contributed by atoms with Gasteiger partial charge in [0, 0.05) is 5.92 Å². The topological polar surface area (TPSA) is 126 Å². The predicted molar refractivity (Wildman–Crippen MR) is 165 cm³/mol. The highest BCUT2D eigenvalue weighted by Crippen LogP contribution is 2.76. The second kappa shape index (κ2) is 10.5. The molecule has 1 heterocycles. The van der Waals surface area contributed by atoms with Crippen molar-refractivity contribution in [1.82, 2.24) is 0 Å². The molecular weight excluding hydrogens is 560 g/mol. The first-order valence-electron chi connectivity index (χ1n) is 17.2. The minimum absolute atomic E-state index is 0.00801. The first-order valence-corrected chi connectivity index (χ1v) is 17.2. The SMILES string of the molecule is COC(=O)[C@]12CC[C@@H](C)[C@@](C)(O)[C@H]1C1=CC[C@@H]3[C@@]4(C)CC[C@H](O[C@@H]5OC[C@@H](O)[C@H](O)[C@H]5O)C(C)(C)[C@@H]4CC[C@@]3(C)[C@]1(C)CC2. The summed E-state index contributed by atoms with van der Waals surface area (Å²) in [7, 11) is 1.50. The molecule has 1 aliphatic heterocycles. The molecule has 0 aromatic carbocycles. The summed E-state index contributed by atoms with van der Waals surface area (Å²) in [6.45, 7) is 16.1. The van der Waals surface area contributed by atoms with Crippen molar-refractivity contribution in [3.8, 4) is 0 Å². The van der Waals surface area contributed by atoms with Gasteiger partial charge in [0.15, 0.2) is 6.29 Å². The average Bonchev–Trinajstić information content (AvgIpc) is 2.96. The highest BCUT2D eigenvalue weighted by Gasteiger charge is 2.71. The number of hydrogen-bond acceptors (Lipinski definition) is 8. The highest BCUT2D eigenvalue weighted by atomic mass is 16.7. The molecule has 14 atom stereocenters. The summed E-state index contributed by atoms with van der Waals surface area (Å²) in [6.07, 6.45) is 5.76. The Bertz CT molecular complexity index is 1180. The molecule has 6 aliphatic rings. The number of methoxy groups -OCH3 is 1. The summed E-state index contributed by atoms with van der Waals surface area (Å²) in [5, 5.41) is 43.0. The Morgan fingerprint density at radius 3 is 2.30 bits per heavy atom. The Kier molecular flexibility index (Phi) is 7.84. The Morgan fingerprint density at radius 1 is 0.909 bits per heavy atom. The molecule has 5 aliphatic carbocycles. The van der Waals surface area contributed by atoms with Gasteiger partial charge >= 0.3 is 5.97 Å². The molecule has 6 rings (SSSR count). The third-order valence-corrected chi connectivity index (χ3v) is 15.3. The molecule has 1 saturated heterocycles. The van der Waals surface area contributed by atoms with Gasteiger partial charge in [-0.15, -0.1) is 0 Å². The van der Waals surface area contributed by atoms with Gasteiger partial charge in [0.1, 0.15) is 18.3 Å².